The SMILES string of the molecule is CN(Cc1csc(Br)c1)C(=O)Cc1c(F)cccc1F. The Labute approximate surface area is 128 Å². The highest BCUT2D eigenvalue weighted by Crippen LogP contribution is 2.22. The molecule has 0 atom stereocenters. The highest BCUT2D eigenvalue weighted by molar-refractivity contribution is 9.11. The Morgan fingerprint density at radius 3 is 2.55 bits per heavy atom. The molecule has 0 saturated carbocycles. The van der Waals surface area contributed by atoms with Crippen molar-refractivity contribution in [2.75, 3.05) is 7.05 Å². The number of rotatable bonds is 4. The average Bonchev–Trinajstić information content (AvgIpc) is 2.79. The van der Waals surface area contributed by atoms with Gasteiger partial charge in [-0.15, -0.1) is 11.3 Å². The fraction of sp³-hybridized carbons (Fsp3) is 0.214. The molecule has 0 aliphatic heterocycles. The van der Waals surface area contributed by atoms with Crippen LogP contribution in [0.25, 0.3) is 0 Å². The number of likely N-dealkylation sites (N-methyl/N-ethyl adjacent to an activating group) is 1. The van der Waals surface area contributed by atoms with Gasteiger partial charge in [-0.1, -0.05) is 6.07 Å². The van der Waals surface area contributed by atoms with Gasteiger partial charge in [0, 0.05) is 19.2 Å². The summed E-state index contributed by atoms with van der Waals surface area (Å²) < 4.78 is 28.0. The van der Waals surface area contributed by atoms with E-state index < -0.39 is 11.6 Å². The first-order valence-electron chi connectivity index (χ1n) is 5.87. The molecule has 1 aromatic heterocycles. The lowest BCUT2D eigenvalue weighted by Crippen LogP contribution is -2.28. The van der Waals surface area contributed by atoms with E-state index in [1.54, 1.807) is 7.05 Å². The molecule has 1 amide bonds. The van der Waals surface area contributed by atoms with Crippen LogP contribution in [0.15, 0.2) is 33.4 Å². The van der Waals surface area contributed by atoms with Crippen LogP contribution in [0.4, 0.5) is 8.78 Å². The summed E-state index contributed by atoms with van der Waals surface area (Å²) in [7, 11) is 1.62. The van der Waals surface area contributed by atoms with Gasteiger partial charge in [0.2, 0.25) is 5.91 Å². The monoisotopic (exact) mass is 359 g/mol. The maximum atomic E-state index is 13.5. The topological polar surface area (TPSA) is 20.3 Å². The third kappa shape index (κ3) is 3.64. The Hall–Kier alpha value is -1.27. The van der Waals surface area contributed by atoms with Crippen molar-refractivity contribution >= 4 is 33.2 Å². The smallest absolute Gasteiger partial charge is 0.227 e. The predicted molar refractivity (Wildman–Crippen MR) is 78.6 cm³/mol. The lowest BCUT2D eigenvalue weighted by atomic mass is 10.1. The van der Waals surface area contributed by atoms with Gasteiger partial charge in [-0.25, -0.2) is 8.78 Å². The van der Waals surface area contributed by atoms with Crippen LogP contribution in [0.1, 0.15) is 11.1 Å². The van der Waals surface area contributed by atoms with Gasteiger partial charge in [0.05, 0.1) is 10.2 Å². The molecule has 0 radical (unpaired) electrons. The van der Waals surface area contributed by atoms with E-state index in [0.717, 1.165) is 21.5 Å². The molecule has 0 fully saturated rings. The zero-order valence-corrected chi connectivity index (χ0v) is 13.1. The second-order valence-electron chi connectivity index (χ2n) is 4.39. The minimum atomic E-state index is -0.690. The van der Waals surface area contributed by atoms with E-state index in [-0.39, 0.29) is 17.9 Å². The van der Waals surface area contributed by atoms with Gasteiger partial charge < -0.3 is 4.90 Å². The van der Waals surface area contributed by atoms with Gasteiger partial charge in [0.1, 0.15) is 11.6 Å². The van der Waals surface area contributed by atoms with Crippen molar-refractivity contribution in [2.45, 2.75) is 13.0 Å². The minimum absolute atomic E-state index is 0.184. The summed E-state index contributed by atoms with van der Waals surface area (Å²) in [6.07, 6.45) is -0.277. The van der Waals surface area contributed by atoms with Crippen LogP contribution >= 0.6 is 27.3 Å². The second kappa shape index (κ2) is 6.45. The van der Waals surface area contributed by atoms with E-state index in [1.165, 1.54) is 22.3 Å². The first-order chi connectivity index (χ1) is 9.47. The molecule has 6 heteroatoms. The predicted octanol–water partition coefficient (Wildman–Crippen LogP) is 3.99. The molecule has 0 saturated heterocycles. The Bertz CT molecular complexity index is 609. The van der Waals surface area contributed by atoms with Crippen molar-refractivity contribution < 1.29 is 13.6 Å². The first kappa shape index (κ1) is 15.1. The molecule has 0 N–H and O–H groups in total. The van der Waals surface area contributed by atoms with Crippen LogP contribution in [0.5, 0.6) is 0 Å². The Kier molecular flexibility index (Phi) is 4.88. The zero-order chi connectivity index (χ0) is 14.7. The number of carbonyl (C=O) groups excluding carboxylic acids is 1. The van der Waals surface area contributed by atoms with E-state index in [0.29, 0.717) is 6.54 Å². The van der Waals surface area contributed by atoms with Crippen molar-refractivity contribution in [3.63, 3.8) is 0 Å². The normalized spacial score (nSPS) is 10.6. The number of halogens is 3. The summed E-state index contributed by atoms with van der Waals surface area (Å²) in [6.45, 7) is 0.414. The van der Waals surface area contributed by atoms with E-state index in [2.05, 4.69) is 15.9 Å². The minimum Gasteiger partial charge on any atom is -0.341 e. The molecular weight excluding hydrogens is 348 g/mol. The molecule has 0 aliphatic carbocycles. The molecule has 0 bridgehead atoms. The van der Waals surface area contributed by atoms with Crippen molar-refractivity contribution in [1.29, 1.82) is 0 Å². The highest BCUT2D eigenvalue weighted by Gasteiger charge is 2.16. The molecule has 20 heavy (non-hydrogen) atoms. The fourth-order valence-corrected chi connectivity index (χ4v) is 2.98. The van der Waals surface area contributed by atoms with Crippen LogP contribution in [-0.2, 0) is 17.8 Å². The summed E-state index contributed by atoms with van der Waals surface area (Å²) in [5, 5.41) is 1.93. The van der Waals surface area contributed by atoms with E-state index in [9.17, 15) is 13.6 Å². The number of thiophene rings is 1. The van der Waals surface area contributed by atoms with E-state index in [4.69, 9.17) is 0 Å². The second-order valence-corrected chi connectivity index (χ2v) is 6.68. The first-order valence-corrected chi connectivity index (χ1v) is 7.54. The van der Waals surface area contributed by atoms with Crippen LogP contribution in [-0.4, -0.2) is 17.9 Å². The fourth-order valence-electron chi connectivity index (χ4n) is 1.78. The van der Waals surface area contributed by atoms with Gasteiger partial charge >= 0.3 is 0 Å². The standard InChI is InChI=1S/C14H12BrF2NOS/c1-18(7-9-5-13(15)20-8-9)14(19)6-10-11(16)3-2-4-12(10)17/h2-5,8H,6-7H2,1H3. The summed E-state index contributed by atoms with van der Waals surface area (Å²) >= 11 is 4.87. The number of benzene rings is 1. The molecule has 2 nitrogen and oxygen atoms in total. The van der Waals surface area contributed by atoms with Gasteiger partial charge in [-0.2, -0.15) is 0 Å². The summed E-state index contributed by atoms with van der Waals surface area (Å²) in [5.41, 5.74) is 0.794. The molecule has 2 rings (SSSR count). The summed E-state index contributed by atoms with van der Waals surface area (Å²) in [4.78, 5) is 13.5. The molecule has 2 aromatic rings. The molecule has 106 valence electrons. The van der Waals surface area contributed by atoms with Crippen LogP contribution < -0.4 is 0 Å². The molecule has 0 aliphatic rings. The average molecular weight is 360 g/mol. The third-order valence-electron chi connectivity index (χ3n) is 2.86. The van der Waals surface area contributed by atoms with Crippen LogP contribution in [0.2, 0.25) is 0 Å². The quantitative estimate of drug-likeness (QED) is 0.808. The Morgan fingerprint density at radius 1 is 1.35 bits per heavy atom. The number of amides is 1. The van der Waals surface area contributed by atoms with Gasteiger partial charge in [0.15, 0.2) is 0 Å². The van der Waals surface area contributed by atoms with Gasteiger partial charge in [-0.05, 0) is 45.1 Å². The zero-order valence-electron chi connectivity index (χ0n) is 10.7. The maximum Gasteiger partial charge on any atom is 0.227 e. The molecule has 0 spiro atoms. The molecule has 0 unspecified atom stereocenters. The number of nitrogens with zero attached hydrogens (tertiary/aromatic N) is 1. The number of hydrogen-bond acceptors (Lipinski definition) is 2. The molecule has 1 heterocycles. The Morgan fingerprint density at radius 2 is 2.00 bits per heavy atom. The lowest BCUT2D eigenvalue weighted by Gasteiger charge is -2.16. The van der Waals surface area contributed by atoms with Gasteiger partial charge in [-0.3, -0.25) is 4.79 Å². The lowest BCUT2D eigenvalue weighted by molar-refractivity contribution is -0.129. The van der Waals surface area contributed by atoms with E-state index >= 15 is 0 Å². The van der Waals surface area contributed by atoms with Crippen LogP contribution in [0, 0.1) is 11.6 Å². The summed E-state index contributed by atoms with van der Waals surface area (Å²) in [6, 6.07) is 5.51. The van der Waals surface area contributed by atoms with E-state index in [1.807, 2.05) is 11.4 Å². The van der Waals surface area contributed by atoms with Crippen molar-refractivity contribution in [3.05, 3.63) is 56.2 Å². The number of carbonyl (C=O) groups is 1. The van der Waals surface area contributed by atoms with Gasteiger partial charge in [0.25, 0.3) is 0 Å². The van der Waals surface area contributed by atoms with Crippen LogP contribution in [0.3, 0.4) is 0 Å². The van der Waals surface area contributed by atoms with Crippen molar-refractivity contribution in [3.8, 4) is 0 Å². The Balaban J connectivity index is 2.04. The maximum absolute atomic E-state index is 13.5. The highest BCUT2D eigenvalue weighted by atomic mass is 79.9. The molecular formula is C14H12BrF2NOS. The summed E-state index contributed by atoms with van der Waals surface area (Å²) in [5.74, 6) is -1.70. The van der Waals surface area contributed by atoms with Crippen molar-refractivity contribution in [2.24, 2.45) is 0 Å². The van der Waals surface area contributed by atoms with Crippen molar-refractivity contribution in [1.82, 2.24) is 4.90 Å². The number of hydrogen-bond donors (Lipinski definition) is 0. The molecule has 1 aromatic carbocycles. The largest absolute Gasteiger partial charge is 0.341 e. The third-order valence-corrected chi connectivity index (χ3v) is 4.41.